The maximum absolute atomic E-state index is 13.5. The molecule has 0 spiro atoms. The Kier molecular flexibility index (Phi) is 6.99. The Hall–Kier alpha value is -1.46. The lowest BCUT2D eigenvalue weighted by Crippen LogP contribution is -2.43. The molecule has 1 aromatic carbocycles. The average molecular weight is 322 g/mol. The quantitative estimate of drug-likeness (QED) is 0.807. The van der Waals surface area contributed by atoms with Crippen LogP contribution in [0.5, 0.6) is 0 Å². The first-order valence-electron chi connectivity index (χ1n) is 8.45. The summed E-state index contributed by atoms with van der Waals surface area (Å²) in [5.41, 5.74) is 0.547. The fraction of sp³-hybridized carbons (Fsp3) is 0.611. The number of hydrogen-bond donors (Lipinski definition) is 2. The maximum atomic E-state index is 13.5. The van der Waals surface area contributed by atoms with Gasteiger partial charge in [-0.2, -0.15) is 0 Å². The molecule has 128 valence electrons. The molecule has 1 saturated heterocycles. The summed E-state index contributed by atoms with van der Waals surface area (Å²) in [6, 6.07) is 6.49. The van der Waals surface area contributed by atoms with Crippen molar-refractivity contribution >= 4 is 5.91 Å². The number of aryl methyl sites for hydroxylation is 1. The van der Waals surface area contributed by atoms with Gasteiger partial charge in [-0.15, -0.1) is 0 Å². The van der Waals surface area contributed by atoms with Gasteiger partial charge in [-0.05, 0) is 49.9 Å². The van der Waals surface area contributed by atoms with Crippen molar-refractivity contribution in [3.05, 3.63) is 35.6 Å². The number of halogens is 1. The number of carbonyl (C=O) groups is 1. The molecule has 5 heteroatoms. The number of rotatable bonds is 7. The highest BCUT2D eigenvalue weighted by Crippen LogP contribution is 2.15. The molecule has 23 heavy (non-hydrogen) atoms. The molecule has 1 aromatic rings. The van der Waals surface area contributed by atoms with E-state index in [0.717, 1.165) is 19.0 Å². The van der Waals surface area contributed by atoms with E-state index in [1.165, 1.54) is 18.9 Å². The predicted octanol–water partition coefficient (Wildman–Crippen LogP) is 1.97. The SMILES string of the molecule is CC1CCN(CC(O)CNC(=O)CCc2ccccc2F)CC1. The number of aliphatic hydroxyl groups excluding tert-OH is 1. The van der Waals surface area contributed by atoms with E-state index < -0.39 is 6.10 Å². The van der Waals surface area contributed by atoms with E-state index in [2.05, 4.69) is 17.1 Å². The first-order chi connectivity index (χ1) is 11.0. The Bertz CT molecular complexity index is 502. The van der Waals surface area contributed by atoms with Crippen molar-refractivity contribution < 1.29 is 14.3 Å². The molecule has 2 rings (SSSR count). The van der Waals surface area contributed by atoms with Crippen LogP contribution in [0.3, 0.4) is 0 Å². The Morgan fingerprint density at radius 1 is 1.39 bits per heavy atom. The second kappa shape index (κ2) is 8.99. The Labute approximate surface area is 137 Å². The Morgan fingerprint density at radius 2 is 2.09 bits per heavy atom. The lowest BCUT2D eigenvalue weighted by molar-refractivity contribution is -0.121. The van der Waals surface area contributed by atoms with Gasteiger partial charge in [0, 0.05) is 19.5 Å². The summed E-state index contributed by atoms with van der Waals surface area (Å²) in [6.45, 7) is 5.13. The number of hydrogen-bond acceptors (Lipinski definition) is 3. The van der Waals surface area contributed by atoms with Crippen LogP contribution in [0.2, 0.25) is 0 Å². The minimum Gasteiger partial charge on any atom is -0.390 e. The summed E-state index contributed by atoms with van der Waals surface area (Å²) < 4.78 is 13.5. The van der Waals surface area contributed by atoms with Crippen LogP contribution in [0, 0.1) is 11.7 Å². The van der Waals surface area contributed by atoms with Crippen LogP contribution in [0.25, 0.3) is 0 Å². The molecular formula is C18H27FN2O2. The van der Waals surface area contributed by atoms with E-state index in [9.17, 15) is 14.3 Å². The summed E-state index contributed by atoms with van der Waals surface area (Å²) in [6.07, 6.45) is 2.39. The molecule has 2 N–H and O–H groups in total. The molecule has 0 saturated carbocycles. The molecule has 1 amide bonds. The van der Waals surface area contributed by atoms with Crippen LogP contribution in [0.4, 0.5) is 4.39 Å². The normalized spacial score (nSPS) is 17.9. The summed E-state index contributed by atoms with van der Waals surface area (Å²) in [7, 11) is 0. The zero-order valence-electron chi connectivity index (χ0n) is 13.8. The summed E-state index contributed by atoms with van der Waals surface area (Å²) in [4.78, 5) is 14.1. The summed E-state index contributed by atoms with van der Waals surface area (Å²) in [5.74, 6) is 0.334. The second-order valence-corrected chi connectivity index (χ2v) is 6.53. The van der Waals surface area contributed by atoms with E-state index in [1.807, 2.05) is 0 Å². The van der Waals surface area contributed by atoms with Gasteiger partial charge in [-0.3, -0.25) is 4.79 Å². The fourth-order valence-corrected chi connectivity index (χ4v) is 2.88. The van der Waals surface area contributed by atoms with Gasteiger partial charge in [-0.1, -0.05) is 25.1 Å². The zero-order chi connectivity index (χ0) is 16.7. The van der Waals surface area contributed by atoms with Crippen molar-refractivity contribution in [3.8, 4) is 0 Å². The molecule has 0 aliphatic carbocycles. The number of amides is 1. The number of piperidine rings is 1. The molecule has 4 nitrogen and oxygen atoms in total. The minimum atomic E-state index is -0.555. The number of nitrogens with one attached hydrogen (secondary N) is 1. The number of aliphatic hydroxyl groups is 1. The largest absolute Gasteiger partial charge is 0.390 e. The molecule has 0 radical (unpaired) electrons. The summed E-state index contributed by atoms with van der Waals surface area (Å²) in [5, 5.41) is 12.8. The number of nitrogens with zero attached hydrogens (tertiary/aromatic N) is 1. The monoisotopic (exact) mass is 322 g/mol. The molecule has 1 aliphatic heterocycles. The zero-order valence-corrected chi connectivity index (χ0v) is 13.8. The van der Waals surface area contributed by atoms with Crippen molar-refractivity contribution in [1.29, 1.82) is 0 Å². The van der Waals surface area contributed by atoms with Crippen molar-refractivity contribution in [2.45, 2.75) is 38.7 Å². The van der Waals surface area contributed by atoms with Gasteiger partial charge in [0.15, 0.2) is 0 Å². The lowest BCUT2D eigenvalue weighted by Gasteiger charge is -2.31. The van der Waals surface area contributed by atoms with Gasteiger partial charge in [0.2, 0.25) is 5.91 Å². The number of carbonyl (C=O) groups excluding carboxylic acids is 1. The van der Waals surface area contributed by atoms with Crippen molar-refractivity contribution in [3.63, 3.8) is 0 Å². The highest BCUT2D eigenvalue weighted by molar-refractivity contribution is 5.76. The number of β-amino-alcohol motifs (C(OH)–C–C–N with tert-alkyl or cyclic N) is 1. The van der Waals surface area contributed by atoms with E-state index in [0.29, 0.717) is 18.5 Å². The van der Waals surface area contributed by atoms with Gasteiger partial charge >= 0.3 is 0 Å². The molecular weight excluding hydrogens is 295 g/mol. The first-order valence-corrected chi connectivity index (χ1v) is 8.45. The van der Waals surface area contributed by atoms with Crippen LogP contribution >= 0.6 is 0 Å². The maximum Gasteiger partial charge on any atom is 0.220 e. The third-order valence-corrected chi connectivity index (χ3v) is 4.46. The highest BCUT2D eigenvalue weighted by atomic mass is 19.1. The fourth-order valence-electron chi connectivity index (χ4n) is 2.88. The molecule has 0 aromatic heterocycles. The minimum absolute atomic E-state index is 0.153. The van der Waals surface area contributed by atoms with E-state index >= 15 is 0 Å². The third kappa shape index (κ3) is 6.28. The number of benzene rings is 1. The summed E-state index contributed by atoms with van der Waals surface area (Å²) >= 11 is 0. The first kappa shape index (κ1) is 17.9. The molecule has 1 heterocycles. The molecule has 0 bridgehead atoms. The van der Waals surface area contributed by atoms with Crippen molar-refractivity contribution in [2.75, 3.05) is 26.2 Å². The predicted molar refractivity (Wildman–Crippen MR) is 88.6 cm³/mol. The Balaban J connectivity index is 1.63. The van der Waals surface area contributed by atoms with Gasteiger partial charge in [0.1, 0.15) is 5.82 Å². The van der Waals surface area contributed by atoms with Gasteiger partial charge in [0.05, 0.1) is 6.10 Å². The molecule has 1 atom stereocenters. The van der Waals surface area contributed by atoms with Crippen LogP contribution < -0.4 is 5.32 Å². The van der Waals surface area contributed by atoms with Gasteiger partial charge in [-0.25, -0.2) is 4.39 Å². The van der Waals surface area contributed by atoms with Crippen LogP contribution in [-0.2, 0) is 11.2 Å². The number of likely N-dealkylation sites (tertiary alicyclic amines) is 1. The van der Waals surface area contributed by atoms with Gasteiger partial charge in [0.25, 0.3) is 0 Å². The highest BCUT2D eigenvalue weighted by Gasteiger charge is 2.18. The van der Waals surface area contributed by atoms with E-state index in [1.54, 1.807) is 18.2 Å². The van der Waals surface area contributed by atoms with Crippen LogP contribution in [-0.4, -0.2) is 48.2 Å². The van der Waals surface area contributed by atoms with E-state index in [-0.39, 0.29) is 24.7 Å². The second-order valence-electron chi connectivity index (χ2n) is 6.53. The topological polar surface area (TPSA) is 52.6 Å². The van der Waals surface area contributed by atoms with Gasteiger partial charge < -0.3 is 15.3 Å². The average Bonchev–Trinajstić information content (AvgIpc) is 2.54. The van der Waals surface area contributed by atoms with Crippen LogP contribution in [0.15, 0.2) is 24.3 Å². The smallest absolute Gasteiger partial charge is 0.220 e. The standard InChI is InChI=1S/C18H27FN2O2/c1-14-8-10-21(11-9-14)13-16(22)12-20-18(23)7-6-15-4-2-3-5-17(15)19/h2-5,14,16,22H,6-13H2,1H3,(H,20,23). The Morgan fingerprint density at radius 3 is 2.78 bits per heavy atom. The van der Waals surface area contributed by atoms with Crippen molar-refractivity contribution in [1.82, 2.24) is 10.2 Å². The molecule has 1 fully saturated rings. The van der Waals surface area contributed by atoms with E-state index in [4.69, 9.17) is 0 Å². The molecule has 1 aliphatic rings. The van der Waals surface area contributed by atoms with Crippen molar-refractivity contribution in [2.24, 2.45) is 5.92 Å². The lowest BCUT2D eigenvalue weighted by atomic mass is 9.99. The third-order valence-electron chi connectivity index (χ3n) is 4.46. The molecule has 1 unspecified atom stereocenters. The van der Waals surface area contributed by atoms with Crippen LogP contribution in [0.1, 0.15) is 31.7 Å².